The fraction of sp³-hybridized carbons (Fsp3) is 0.150. The lowest BCUT2D eigenvalue weighted by molar-refractivity contribution is -0.127. The van der Waals surface area contributed by atoms with Crippen LogP contribution in [0.15, 0.2) is 51.8 Å². The molecule has 1 aliphatic heterocycles. The van der Waals surface area contributed by atoms with Crippen molar-refractivity contribution in [2.45, 2.75) is 6.92 Å². The Balaban J connectivity index is 1.76. The Hall–Kier alpha value is -2.78. The number of amides is 3. The summed E-state index contributed by atoms with van der Waals surface area (Å²) in [6, 6.07) is 11.8. The molecule has 0 aliphatic carbocycles. The first-order chi connectivity index (χ1) is 13.9. The molecule has 9 heteroatoms. The van der Waals surface area contributed by atoms with Crippen LogP contribution in [0.3, 0.4) is 0 Å². The van der Waals surface area contributed by atoms with Crippen LogP contribution in [0.2, 0.25) is 0 Å². The maximum absolute atomic E-state index is 12.6. The van der Waals surface area contributed by atoms with E-state index in [1.54, 1.807) is 37.3 Å². The second-order valence-electron chi connectivity index (χ2n) is 5.96. The Morgan fingerprint density at radius 2 is 2.00 bits per heavy atom. The molecule has 0 spiro atoms. The van der Waals surface area contributed by atoms with E-state index in [9.17, 15) is 19.5 Å². The Morgan fingerprint density at radius 3 is 2.69 bits per heavy atom. The van der Waals surface area contributed by atoms with Gasteiger partial charge in [-0.05, 0) is 54.6 Å². The van der Waals surface area contributed by atoms with Gasteiger partial charge in [-0.15, -0.1) is 0 Å². The summed E-state index contributed by atoms with van der Waals surface area (Å²) >= 11 is 4.08. The zero-order chi connectivity index (χ0) is 21.0. The van der Waals surface area contributed by atoms with E-state index in [0.29, 0.717) is 22.3 Å². The number of carbonyl (C=O) groups is 3. The fourth-order valence-electron chi connectivity index (χ4n) is 2.58. The summed E-state index contributed by atoms with van der Waals surface area (Å²) in [4.78, 5) is 38.2. The maximum Gasteiger partial charge on any atom is 0.294 e. The number of hydrogen-bond donors (Lipinski definition) is 2. The Kier molecular flexibility index (Phi) is 6.60. The highest BCUT2D eigenvalue weighted by atomic mass is 79.9. The molecule has 0 atom stereocenters. The highest BCUT2D eigenvalue weighted by molar-refractivity contribution is 9.10. The molecule has 1 heterocycles. The van der Waals surface area contributed by atoms with Gasteiger partial charge in [0.2, 0.25) is 5.91 Å². The molecule has 29 heavy (non-hydrogen) atoms. The average Bonchev–Trinajstić information content (AvgIpc) is 2.94. The summed E-state index contributed by atoms with van der Waals surface area (Å²) in [6.45, 7) is 1.77. The van der Waals surface area contributed by atoms with Crippen LogP contribution in [0.25, 0.3) is 6.08 Å². The minimum atomic E-state index is -0.554. The largest absolute Gasteiger partial charge is 0.504 e. The maximum atomic E-state index is 12.6. The second kappa shape index (κ2) is 9.15. The van der Waals surface area contributed by atoms with Crippen LogP contribution in [0.1, 0.15) is 12.5 Å². The van der Waals surface area contributed by atoms with E-state index in [0.717, 1.165) is 16.7 Å². The third-order valence-electron chi connectivity index (χ3n) is 3.90. The number of rotatable bonds is 6. The molecule has 0 saturated carbocycles. The van der Waals surface area contributed by atoms with Crippen molar-refractivity contribution in [2.24, 2.45) is 0 Å². The molecule has 0 bridgehead atoms. The van der Waals surface area contributed by atoms with Gasteiger partial charge in [-0.3, -0.25) is 19.3 Å². The van der Waals surface area contributed by atoms with Crippen molar-refractivity contribution >= 4 is 56.5 Å². The number of benzene rings is 2. The summed E-state index contributed by atoms with van der Waals surface area (Å²) < 4.78 is 5.89. The van der Waals surface area contributed by atoms with E-state index >= 15 is 0 Å². The number of nitrogens with one attached hydrogen (secondary N) is 1. The molecular formula is C20H17BrN2O5S. The number of para-hydroxylation sites is 1. The number of aromatic hydroxyl groups is 1. The molecule has 1 aliphatic rings. The molecule has 3 rings (SSSR count). The molecule has 1 fully saturated rings. The van der Waals surface area contributed by atoms with Gasteiger partial charge in [0, 0.05) is 10.2 Å². The molecule has 2 aromatic rings. The van der Waals surface area contributed by atoms with E-state index in [2.05, 4.69) is 21.2 Å². The number of anilines is 1. The summed E-state index contributed by atoms with van der Waals surface area (Å²) in [5.74, 6) is -0.796. The molecule has 2 N–H and O–H groups in total. The van der Waals surface area contributed by atoms with E-state index in [4.69, 9.17) is 4.74 Å². The first-order valence-corrected chi connectivity index (χ1v) is 10.3. The minimum Gasteiger partial charge on any atom is -0.504 e. The van der Waals surface area contributed by atoms with Crippen LogP contribution in [0, 0.1) is 0 Å². The van der Waals surface area contributed by atoms with Crippen molar-refractivity contribution in [3.63, 3.8) is 0 Å². The third kappa shape index (κ3) is 4.99. The predicted octanol–water partition coefficient (Wildman–Crippen LogP) is 4.23. The SMILES string of the molecule is CCOc1cc(/C=C2\SC(=O)N(CC(=O)Nc3ccccc3)C2=O)c(Br)cc1O. The highest BCUT2D eigenvalue weighted by Gasteiger charge is 2.36. The van der Waals surface area contributed by atoms with Crippen molar-refractivity contribution in [3.8, 4) is 11.5 Å². The predicted molar refractivity (Wildman–Crippen MR) is 115 cm³/mol. The van der Waals surface area contributed by atoms with Crippen molar-refractivity contribution in [1.29, 1.82) is 0 Å². The molecule has 0 unspecified atom stereocenters. The average molecular weight is 477 g/mol. The van der Waals surface area contributed by atoms with Crippen molar-refractivity contribution < 1.29 is 24.2 Å². The van der Waals surface area contributed by atoms with E-state index < -0.39 is 17.1 Å². The molecule has 7 nitrogen and oxygen atoms in total. The number of ether oxygens (including phenoxy) is 1. The number of halogens is 1. The molecular weight excluding hydrogens is 460 g/mol. The van der Waals surface area contributed by atoms with Crippen LogP contribution >= 0.6 is 27.7 Å². The fourth-order valence-corrected chi connectivity index (χ4v) is 3.86. The lowest BCUT2D eigenvalue weighted by Gasteiger charge is -2.12. The first kappa shape index (κ1) is 20.9. The van der Waals surface area contributed by atoms with Crippen LogP contribution in [-0.4, -0.2) is 40.2 Å². The number of thioether (sulfide) groups is 1. The standard InChI is InChI=1S/C20H17BrN2O5S/c1-2-28-16-8-12(14(21)10-15(16)24)9-17-19(26)23(20(27)29-17)11-18(25)22-13-6-4-3-5-7-13/h3-10,24H,2,11H2,1H3,(H,22,25)/b17-9-. The summed E-state index contributed by atoms with van der Waals surface area (Å²) in [5.41, 5.74) is 1.14. The van der Waals surface area contributed by atoms with Crippen molar-refractivity contribution in [2.75, 3.05) is 18.5 Å². The second-order valence-corrected chi connectivity index (χ2v) is 7.80. The normalized spacial score (nSPS) is 15.1. The van der Waals surface area contributed by atoms with Gasteiger partial charge < -0.3 is 15.2 Å². The Bertz CT molecular complexity index is 994. The summed E-state index contributed by atoms with van der Waals surface area (Å²) in [5, 5.41) is 12.0. The van der Waals surface area contributed by atoms with Gasteiger partial charge in [0.1, 0.15) is 6.54 Å². The molecule has 150 valence electrons. The quantitative estimate of drug-likeness (QED) is 0.605. The van der Waals surface area contributed by atoms with Crippen LogP contribution in [0.4, 0.5) is 10.5 Å². The van der Waals surface area contributed by atoms with E-state index in [1.165, 1.54) is 12.1 Å². The highest BCUT2D eigenvalue weighted by Crippen LogP contribution is 2.37. The van der Waals surface area contributed by atoms with Crippen LogP contribution in [-0.2, 0) is 9.59 Å². The van der Waals surface area contributed by atoms with Gasteiger partial charge in [0.15, 0.2) is 11.5 Å². The number of carbonyl (C=O) groups excluding carboxylic acids is 3. The first-order valence-electron chi connectivity index (χ1n) is 8.64. The zero-order valence-electron chi connectivity index (χ0n) is 15.3. The molecule has 0 aromatic heterocycles. The summed E-state index contributed by atoms with van der Waals surface area (Å²) in [7, 11) is 0. The van der Waals surface area contributed by atoms with Crippen molar-refractivity contribution in [3.05, 3.63) is 57.4 Å². The Morgan fingerprint density at radius 1 is 1.28 bits per heavy atom. The smallest absolute Gasteiger partial charge is 0.294 e. The van der Waals surface area contributed by atoms with Crippen molar-refractivity contribution in [1.82, 2.24) is 4.90 Å². The lowest BCUT2D eigenvalue weighted by atomic mass is 10.2. The van der Waals surface area contributed by atoms with Gasteiger partial charge >= 0.3 is 0 Å². The van der Waals surface area contributed by atoms with E-state index in [1.807, 2.05) is 6.07 Å². The molecule has 2 aromatic carbocycles. The molecule has 3 amide bonds. The number of nitrogens with zero attached hydrogens (tertiary/aromatic N) is 1. The van der Waals surface area contributed by atoms with E-state index in [-0.39, 0.29) is 22.9 Å². The Labute approximate surface area is 179 Å². The third-order valence-corrected chi connectivity index (χ3v) is 5.49. The van der Waals surface area contributed by atoms with Gasteiger partial charge in [-0.2, -0.15) is 0 Å². The lowest BCUT2D eigenvalue weighted by Crippen LogP contribution is -2.36. The molecule has 0 radical (unpaired) electrons. The molecule has 1 saturated heterocycles. The van der Waals surface area contributed by atoms with Gasteiger partial charge in [0.25, 0.3) is 11.1 Å². The van der Waals surface area contributed by atoms with Gasteiger partial charge in [-0.25, -0.2) is 0 Å². The van der Waals surface area contributed by atoms with Crippen LogP contribution in [0.5, 0.6) is 11.5 Å². The van der Waals surface area contributed by atoms with Crippen LogP contribution < -0.4 is 10.1 Å². The van der Waals surface area contributed by atoms with Gasteiger partial charge in [0.05, 0.1) is 11.5 Å². The monoisotopic (exact) mass is 476 g/mol. The summed E-state index contributed by atoms with van der Waals surface area (Å²) in [6.07, 6.45) is 1.52. The number of phenols is 1. The number of phenolic OH excluding ortho intramolecular Hbond substituents is 1. The number of hydrogen-bond acceptors (Lipinski definition) is 6. The topological polar surface area (TPSA) is 95.9 Å². The zero-order valence-corrected chi connectivity index (χ0v) is 17.7. The minimum absolute atomic E-state index is 0.0402. The number of imide groups is 1. The van der Waals surface area contributed by atoms with Gasteiger partial charge in [-0.1, -0.05) is 34.1 Å².